The van der Waals surface area contributed by atoms with Gasteiger partial charge in [0.1, 0.15) is 12.1 Å². The molecule has 1 saturated heterocycles. The number of aromatic nitrogens is 2. The van der Waals surface area contributed by atoms with Crippen LogP contribution in [0.3, 0.4) is 0 Å². The van der Waals surface area contributed by atoms with E-state index < -0.39 is 0 Å². The van der Waals surface area contributed by atoms with Gasteiger partial charge in [0, 0.05) is 30.9 Å². The molecule has 0 amide bonds. The Balaban J connectivity index is 2.21. The van der Waals surface area contributed by atoms with Crippen molar-refractivity contribution >= 4 is 5.82 Å². The molecule has 1 atom stereocenters. The van der Waals surface area contributed by atoms with Crippen LogP contribution in [0.25, 0.3) is 0 Å². The Morgan fingerprint density at radius 1 is 1.44 bits per heavy atom. The van der Waals surface area contributed by atoms with E-state index in [9.17, 15) is 0 Å². The second kappa shape index (κ2) is 6.69. The molecule has 1 unspecified atom stereocenters. The van der Waals surface area contributed by atoms with E-state index in [1.54, 1.807) is 6.33 Å². The van der Waals surface area contributed by atoms with E-state index in [1.165, 1.54) is 37.7 Å². The third kappa shape index (κ3) is 2.99. The van der Waals surface area contributed by atoms with E-state index in [2.05, 4.69) is 27.1 Å². The van der Waals surface area contributed by atoms with Crippen LogP contribution in [0, 0.1) is 0 Å². The topological polar surface area (TPSA) is 41.1 Å². The van der Waals surface area contributed by atoms with Crippen LogP contribution in [-0.2, 0) is 6.54 Å². The van der Waals surface area contributed by atoms with Gasteiger partial charge in [-0.05, 0) is 32.7 Å². The number of hydrogen-bond donors (Lipinski definition) is 1. The van der Waals surface area contributed by atoms with Crippen molar-refractivity contribution in [3.63, 3.8) is 0 Å². The fourth-order valence-corrected chi connectivity index (χ4v) is 2.84. The van der Waals surface area contributed by atoms with Crippen LogP contribution in [-0.4, -0.2) is 29.6 Å². The average molecular weight is 248 g/mol. The van der Waals surface area contributed by atoms with E-state index in [0.29, 0.717) is 6.04 Å². The molecule has 1 aliphatic rings. The lowest BCUT2D eigenvalue weighted by Crippen LogP contribution is -2.40. The molecule has 2 heterocycles. The van der Waals surface area contributed by atoms with Gasteiger partial charge in [0.2, 0.25) is 0 Å². The predicted octanol–water partition coefficient (Wildman–Crippen LogP) is 2.36. The number of rotatable bonds is 5. The summed E-state index contributed by atoms with van der Waals surface area (Å²) in [7, 11) is 1.97. The summed E-state index contributed by atoms with van der Waals surface area (Å²) in [5.41, 5.74) is 1.21. The lowest BCUT2D eigenvalue weighted by molar-refractivity contribution is 0.430. The lowest BCUT2D eigenvalue weighted by Gasteiger charge is -2.37. The van der Waals surface area contributed by atoms with Crippen molar-refractivity contribution in [3.05, 3.63) is 18.1 Å². The summed E-state index contributed by atoms with van der Waals surface area (Å²) in [5.74, 6) is 1.14. The highest BCUT2D eigenvalue weighted by molar-refractivity contribution is 5.46. The van der Waals surface area contributed by atoms with Gasteiger partial charge in [-0.1, -0.05) is 13.3 Å². The zero-order chi connectivity index (χ0) is 12.8. The van der Waals surface area contributed by atoms with Crippen LogP contribution in [0.15, 0.2) is 12.5 Å². The van der Waals surface area contributed by atoms with Crippen LogP contribution in [0.2, 0.25) is 0 Å². The first kappa shape index (κ1) is 13.3. The maximum atomic E-state index is 4.53. The molecule has 1 aliphatic heterocycles. The van der Waals surface area contributed by atoms with Crippen molar-refractivity contribution in [2.45, 2.75) is 51.6 Å². The van der Waals surface area contributed by atoms with Gasteiger partial charge >= 0.3 is 0 Å². The first-order valence-corrected chi connectivity index (χ1v) is 7.07. The Bertz CT molecular complexity index is 365. The van der Waals surface area contributed by atoms with Gasteiger partial charge < -0.3 is 10.2 Å². The van der Waals surface area contributed by atoms with Gasteiger partial charge in [-0.25, -0.2) is 9.97 Å². The van der Waals surface area contributed by atoms with E-state index in [-0.39, 0.29) is 0 Å². The Kier molecular flexibility index (Phi) is 4.93. The Morgan fingerprint density at radius 3 is 3.11 bits per heavy atom. The molecule has 4 nitrogen and oxygen atoms in total. The Labute approximate surface area is 110 Å². The summed E-state index contributed by atoms with van der Waals surface area (Å²) in [5, 5.41) is 3.20. The van der Waals surface area contributed by atoms with Crippen LogP contribution in [0.4, 0.5) is 5.82 Å². The Morgan fingerprint density at radius 2 is 2.33 bits per heavy atom. The minimum atomic E-state index is 0.661. The summed E-state index contributed by atoms with van der Waals surface area (Å²) in [6.45, 7) is 4.24. The lowest BCUT2D eigenvalue weighted by atomic mass is 9.98. The average Bonchev–Trinajstić information content (AvgIpc) is 2.41. The van der Waals surface area contributed by atoms with Crippen LogP contribution in [0.5, 0.6) is 0 Å². The normalized spacial score (nSPS) is 20.1. The number of anilines is 1. The van der Waals surface area contributed by atoms with Gasteiger partial charge in [-0.15, -0.1) is 0 Å². The van der Waals surface area contributed by atoms with E-state index in [4.69, 9.17) is 0 Å². The second-order valence-corrected chi connectivity index (χ2v) is 5.03. The quantitative estimate of drug-likeness (QED) is 0.868. The van der Waals surface area contributed by atoms with Crippen molar-refractivity contribution in [1.82, 2.24) is 15.3 Å². The molecule has 2 rings (SSSR count). The standard InChI is InChI=1S/C14H24N4/c1-3-6-13-7-4-5-8-18(13)14-12(9-15-2)10-16-11-17-14/h10-11,13,15H,3-9H2,1-2H3. The smallest absolute Gasteiger partial charge is 0.136 e. The number of hydrogen-bond acceptors (Lipinski definition) is 4. The van der Waals surface area contributed by atoms with Crippen molar-refractivity contribution in [2.75, 3.05) is 18.5 Å². The summed E-state index contributed by atoms with van der Waals surface area (Å²) >= 11 is 0. The molecule has 1 N–H and O–H groups in total. The third-order valence-corrected chi connectivity index (χ3v) is 3.65. The first-order chi connectivity index (χ1) is 8.86. The van der Waals surface area contributed by atoms with Gasteiger partial charge in [0.15, 0.2) is 0 Å². The van der Waals surface area contributed by atoms with Crippen LogP contribution >= 0.6 is 0 Å². The molecule has 0 spiro atoms. The maximum absolute atomic E-state index is 4.53. The molecule has 18 heavy (non-hydrogen) atoms. The van der Waals surface area contributed by atoms with Crippen molar-refractivity contribution in [1.29, 1.82) is 0 Å². The zero-order valence-corrected chi connectivity index (χ0v) is 11.5. The minimum absolute atomic E-state index is 0.661. The maximum Gasteiger partial charge on any atom is 0.136 e. The molecule has 0 aliphatic carbocycles. The van der Waals surface area contributed by atoms with Gasteiger partial charge in [0.05, 0.1) is 0 Å². The monoisotopic (exact) mass is 248 g/mol. The fourth-order valence-electron chi connectivity index (χ4n) is 2.84. The van der Waals surface area contributed by atoms with Crippen LogP contribution in [0.1, 0.15) is 44.6 Å². The number of nitrogens with zero attached hydrogens (tertiary/aromatic N) is 3. The summed E-state index contributed by atoms with van der Waals surface area (Å²) < 4.78 is 0. The summed E-state index contributed by atoms with van der Waals surface area (Å²) in [6, 6.07) is 0.661. The van der Waals surface area contributed by atoms with Gasteiger partial charge in [-0.2, -0.15) is 0 Å². The molecule has 0 bridgehead atoms. The number of piperidine rings is 1. The largest absolute Gasteiger partial charge is 0.353 e. The Hall–Kier alpha value is -1.16. The minimum Gasteiger partial charge on any atom is -0.353 e. The molecular weight excluding hydrogens is 224 g/mol. The summed E-state index contributed by atoms with van der Waals surface area (Å²) in [6.07, 6.45) is 10.1. The zero-order valence-electron chi connectivity index (χ0n) is 11.5. The summed E-state index contributed by atoms with van der Waals surface area (Å²) in [4.78, 5) is 11.2. The first-order valence-electron chi connectivity index (χ1n) is 7.07. The molecule has 1 aromatic rings. The molecular formula is C14H24N4. The van der Waals surface area contributed by atoms with Crippen molar-refractivity contribution in [3.8, 4) is 0 Å². The molecule has 1 fully saturated rings. The van der Waals surface area contributed by atoms with E-state index in [1.807, 2.05) is 13.2 Å². The predicted molar refractivity (Wildman–Crippen MR) is 74.7 cm³/mol. The van der Waals surface area contributed by atoms with E-state index in [0.717, 1.165) is 18.9 Å². The molecule has 0 aromatic carbocycles. The van der Waals surface area contributed by atoms with Gasteiger partial charge in [-0.3, -0.25) is 0 Å². The van der Waals surface area contributed by atoms with Crippen molar-refractivity contribution in [2.24, 2.45) is 0 Å². The highest BCUT2D eigenvalue weighted by Crippen LogP contribution is 2.27. The third-order valence-electron chi connectivity index (χ3n) is 3.65. The molecule has 0 saturated carbocycles. The highest BCUT2D eigenvalue weighted by atomic mass is 15.2. The molecule has 100 valence electrons. The molecule has 4 heteroatoms. The van der Waals surface area contributed by atoms with E-state index >= 15 is 0 Å². The molecule has 0 radical (unpaired) electrons. The number of nitrogens with one attached hydrogen (secondary N) is 1. The van der Waals surface area contributed by atoms with Crippen LogP contribution < -0.4 is 10.2 Å². The van der Waals surface area contributed by atoms with Crippen molar-refractivity contribution < 1.29 is 0 Å². The highest BCUT2D eigenvalue weighted by Gasteiger charge is 2.24. The molecule has 1 aromatic heterocycles. The SMILES string of the molecule is CCCC1CCCCN1c1ncncc1CNC. The second-order valence-electron chi connectivity index (χ2n) is 5.03. The van der Waals surface area contributed by atoms with Gasteiger partial charge in [0.25, 0.3) is 0 Å². The fraction of sp³-hybridized carbons (Fsp3) is 0.714.